The maximum Gasteiger partial charge on any atom is 0.328 e. The smallest absolute Gasteiger partial charge is 0.328 e. The molecule has 0 saturated heterocycles. The molecule has 9 heteroatoms. The predicted octanol–water partition coefficient (Wildman–Crippen LogP) is 1.75. The van der Waals surface area contributed by atoms with E-state index in [1.807, 2.05) is 0 Å². The van der Waals surface area contributed by atoms with Gasteiger partial charge in [-0.15, -0.1) is 0 Å². The molecule has 2 rings (SSSR count). The van der Waals surface area contributed by atoms with Crippen molar-refractivity contribution < 1.29 is 18.3 Å². The van der Waals surface area contributed by atoms with Crippen molar-refractivity contribution in [2.75, 3.05) is 4.72 Å². The topological polar surface area (TPSA) is 109 Å². The van der Waals surface area contributed by atoms with Gasteiger partial charge in [0.25, 0.3) is 10.0 Å². The molecule has 0 aliphatic rings. The Kier molecular flexibility index (Phi) is 4.34. The highest BCUT2D eigenvalue weighted by molar-refractivity contribution is 7.93. The number of anilines is 1. The standard InChI is InChI=1S/C12H11N3O4S2/c1-8-13-12(20-14-8)15-21(18,19)10-5-2-9(3-6-10)4-7-11(16)17/h2-7H,1H3,(H,16,17)(H,13,14,15)/b7-4+. The van der Waals surface area contributed by atoms with Crippen LogP contribution in [0.4, 0.5) is 5.13 Å². The van der Waals surface area contributed by atoms with E-state index < -0.39 is 16.0 Å². The molecule has 0 bridgehead atoms. The molecule has 2 N–H and O–H groups in total. The van der Waals surface area contributed by atoms with Crippen LogP contribution >= 0.6 is 11.5 Å². The van der Waals surface area contributed by atoms with Gasteiger partial charge in [-0.2, -0.15) is 4.37 Å². The van der Waals surface area contributed by atoms with Gasteiger partial charge in [-0.05, 0) is 30.7 Å². The Hall–Kier alpha value is -2.26. The number of aromatic nitrogens is 2. The largest absolute Gasteiger partial charge is 0.478 e. The van der Waals surface area contributed by atoms with Gasteiger partial charge in [0.2, 0.25) is 5.13 Å². The third-order valence-electron chi connectivity index (χ3n) is 2.36. The summed E-state index contributed by atoms with van der Waals surface area (Å²) in [5.74, 6) is -0.577. The van der Waals surface area contributed by atoms with Crippen LogP contribution in [0.1, 0.15) is 11.4 Å². The summed E-state index contributed by atoms with van der Waals surface area (Å²) in [5, 5.41) is 8.72. The van der Waals surface area contributed by atoms with E-state index in [1.165, 1.54) is 30.3 Å². The molecule has 0 amide bonds. The van der Waals surface area contributed by atoms with Crippen LogP contribution in [0.3, 0.4) is 0 Å². The summed E-state index contributed by atoms with van der Waals surface area (Å²) in [7, 11) is -3.73. The van der Waals surface area contributed by atoms with Crippen molar-refractivity contribution in [3.8, 4) is 0 Å². The predicted molar refractivity (Wildman–Crippen MR) is 78.6 cm³/mol. The van der Waals surface area contributed by atoms with Crippen LogP contribution in [0, 0.1) is 6.92 Å². The minimum atomic E-state index is -3.73. The second-order valence-electron chi connectivity index (χ2n) is 3.99. The van der Waals surface area contributed by atoms with Crippen LogP contribution < -0.4 is 4.72 Å². The van der Waals surface area contributed by atoms with Crippen LogP contribution in [0.2, 0.25) is 0 Å². The molecule has 7 nitrogen and oxygen atoms in total. The van der Waals surface area contributed by atoms with Gasteiger partial charge in [-0.1, -0.05) is 12.1 Å². The molecule has 2 aromatic rings. The van der Waals surface area contributed by atoms with Crippen LogP contribution in [-0.2, 0) is 14.8 Å². The number of hydrogen-bond donors (Lipinski definition) is 2. The molecular weight excluding hydrogens is 314 g/mol. The Bertz CT molecular complexity index is 779. The monoisotopic (exact) mass is 325 g/mol. The van der Waals surface area contributed by atoms with Crippen LogP contribution in [0.25, 0.3) is 6.08 Å². The fourth-order valence-electron chi connectivity index (χ4n) is 1.44. The minimum absolute atomic E-state index is 0.0582. The number of carbonyl (C=O) groups is 1. The minimum Gasteiger partial charge on any atom is -0.478 e. The van der Waals surface area contributed by atoms with E-state index >= 15 is 0 Å². The molecule has 1 heterocycles. The Morgan fingerprint density at radius 1 is 1.33 bits per heavy atom. The molecule has 0 radical (unpaired) electrons. The number of nitrogens with one attached hydrogen (secondary N) is 1. The summed E-state index contributed by atoms with van der Waals surface area (Å²) >= 11 is 0.958. The number of nitrogens with zero attached hydrogens (tertiary/aromatic N) is 2. The normalized spacial score (nSPS) is 11.7. The lowest BCUT2D eigenvalue weighted by Gasteiger charge is -2.04. The Balaban J connectivity index is 2.19. The molecule has 0 saturated carbocycles. The van der Waals surface area contributed by atoms with Crippen molar-refractivity contribution in [1.29, 1.82) is 0 Å². The molecule has 0 aliphatic heterocycles. The molecule has 110 valence electrons. The zero-order valence-electron chi connectivity index (χ0n) is 10.8. The zero-order chi connectivity index (χ0) is 15.5. The molecular formula is C12H11N3O4S2. The van der Waals surface area contributed by atoms with Gasteiger partial charge in [-0.3, -0.25) is 4.72 Å². The molecule has 0 atom stereocenters. The number of carboxylic acid groups (broad SMARTS) is 1. The van der Waals surface area contributed by atoms with Crippen molar-refractivity contribution in [3.63, 3.8) is 0 Å². The maximum atomic E-state index is 12.1. The van der Waals surface area contributed by atoms with Crippen molar-refractivity contribution in [3.05, 3.63) is 41.7 Å². The van der Waals surface area contributed by atoms with Crippen molar-refractivity contribution >= 4 is 38.7 Å². The molecule has 1 aromatic heterocycles. The average Bonchev–Trinajstić information content (AvgIpc) is 2.81. The second-order valence-corrected chi connectivity index (χ2v) is 6.43. The Morgan fingerprint density at radius 2 is 2.00 bits per heavy atom. The summed E-state index contributed by atoms with van der Waals surface area (Å²) in [6.45, 7) is 1.66. The second kappa shape index (κ2) is 6.02. The molecule has 0 fully saturated rings. The van der Waals surface area contributed by atoms with Crippen molar-refractivity contribution in [2.24, 2.45) is 0 Å². The van der Waals surface area contributed by atoms with Gasteiger partial charge in [0.1, 0.15) is 5.82 Å². The summed E-state index contributed by atoms with van der Waals surface area (Å²) in [6, 6.07) is 5.80. The van der Waals surface area contributed by atoms with Crippen molar-refractivity contribution in [1.82, 2.24) is 9.36 Å². The SMILES string of the molecule is Cc1nsc(NS(=O)(=O)c2ccc(/C=C/C(=O)O)cc2)n1. The quantitative estimate of drug-likeness (QED) is 0.811. The first kappa shape index (κ1) is 15.1. The number of hydrogen-bond acceptors (Lipinski definition) is 6. The van der Waals surface area contributed by atoms with Crippen molar-refractivity contribution in [2.45, 2.75) is 11.8 Å². The Morgan fingerprint density at radius 3 is 2.52 bits per heavy atom. The highest BCUT2D eigenvalue weighted by Crippen LogP contribution is 2.18. The van der Waals surface area contributed by atoms with Crippen LogP contribution in [0.15, 0.2) is 35.2 Å². The van der Waals surface area contributed by atoms with Gasteiger partial charge in [0, 0.05) is 17.6 Å². The van der Waals surface area contributed by atoms with E-state index in [-0.39, 0.29) is 10.0 Å². The lowest BCUT2D eigenvalue weighted by Crippen LogP contribution is -2.12. The fraction of sp³-hybridized carbons (Fsp3) is 0.0833. The zero-order valence-corrected chi connectivity index (χ0v) is 12.5. The van der Waals surface area contributed by atoms with Gasteiger partial charge in [0.05, 0.1) is 4.90 Å². The number of sulfonamides is 1. The van der Waals surface area contributed by atoms with Gasteiger partial charge in [0.15, 0.2) is 0 Å². The van der Waals surface area contributed by atoms with Crippen LogP contribution in [-0.4, -0.2) is 28.9 Å². The first-order chi connectivity index (χ1) is 9.87. The van der Waals surface area contributed by atoms with E-state index in [2.05, 4.69) is 14.1 Å². The number of aliphatic carboxylic acids is 1. The molecule has 1 aromatic carbocycles. The summed E-state index contributed by atoms with van der Waals surface area (Å²) < 4.78 is 30.4. The summed E-state index contributed by atoms with van der Waals surface area (Å²) in [5.41, 5.74) is 0.586. The van der Waals surface area contributed by atoms with Gasteiger partial charge < -0.3 is 5.11 Å². The third-order valence-corrected chi connectivity index (χ3v) is 4.56. The lowest BCUT2D eigenvalue weighted by atomic mass is 10.2. The molecule has 0 spiro atoms. The van der Waals surface area contributed by atoms with Crippen LogP contribution in [0.5, 0.6) is 0 Å². The van der Waals surface area contributed by atoms with E-state index in [0.29, 0.717) is 11.4 Å². The molecule has 21 heavy (non-hydrogen) atoms. The highest BCUT2D eigenvalue weighted by atomic mass is 32.2. The first-order valence-corrected chi connectivity index (χ1v) is 7.97. The van der Waals surface area contributed by atoms with E-state index in [1.54, 1.807) is 6.92 Å². The summed E-state index contributed by atoms with van der Waals surface area (Å²) in [6.07, 6.45) is 2.35. The third kappa shape index (κ3) is 4.10. The average molecular weight is 325 g/mol. The first-order valence-electron chi connectivity index (χ1n) is 5.71. The van der Waals surface area contributed by atoms with Gasteiger partial charge >= 0.3 is 5.97 Å². The lowest BCUT2D eigenvalue weighted by molar-refractivity contribution is -0.131. The highest BCUT2D eigenvalue weighted by Gasteiger charge is 2.15. The van der Waals surface area contributed by atoms with E-state index in [4.69, 9.17) is 5.11 Å². The molecule has 0 unspecified atom stereocenters. The molecule has 0 aliphatic carbocycles. The number of rotatable bonds is 5. The van der Waals surface area contributed by atoms with E-state index in [0.717, 1.165) is 17.6 Å². The fourth-order valence-corrected chi connectivity index (χ4v) is 3.24. The van der Waals surface area contributed by atoms with Gasteiger partial charge in [-0.25, -0.2) is 18.2 Å². The number of benzene rings is 1. The summed E-state index contributed by atoms with van der Waals surface area (Å²) in [4.78, 5) is 14.4. The number of carboxylic acids is 1. The maximum absolute atomic E-state index is 12.1. The number of aryl methyl sites for hydroxylation is 1. The van der Waals surface area contributed by atoms with E-state index in [9.17, 15) is 13.2 Å². The Labute approximate surface area is 125 Å².